The van der Waals surface area contributed by atoms with Gasteiger partial charge in [-0.3, -0.25) is 4.79 Å². The van der Waals surface area contributed by atoms with Crippen LogP contribution in [0, 0.1) is 5.82 Å². The van der Waals surface area contributed by atoms with Crippen molar-refractivity contribution in [3.63, 3.8) is 0 Å². The Morgan fingerprint density at radius 3 is 2.60 bits per heavy atom. The van der Waals surface area contributed by atoms with Gasteiger partial charge in [-0.05, 0) is 18.2 Å². The van der Waals surface area contributed by atoms with Crippen molar-refractivity contribution in [2.24, 2.45) is 5.14 Å². The summed E-state index contributed by atoms with van der Waals surface area (Å²) in [6.07, 6.45) is -0.324. The van der Waals surface area contributed by atoms with Crippen LogP contribution in [0.15, 0.2) is 18.2 Å². The number of carbonyl (C=O) groups excluding carboxylic acids is 1. The Morgan fingerprint density at radius 1 is 1.45 bits per heavy atom. The number of nitrogens with zero attached hydrogens (tertiary/aromatic N) is 1. The number of rotatable bonds is 3. The maximum absolute atomic E-state index is 13.1. The monoisotopic (exact) mass is 302 g/mol. The highest BCUT2D eigenvalue weighted by atomic mass is 32.2. The van der Waals surface area contributed by atoms with Gasteiger partial charge in [0.05, 0.1) is 11.3 Å². The molecule has 9 heteroatoms. The first-order valence-corrected chi connectivity index (χ1v) is 7.16. The quantitative estimate of drug-likeness (QED) is 0.809. The molecule has 3 N–H and O–H groups in total. The Labute approximate surface area is 113 Å². The number of hydrogen-bond acceptors (Lipinski definition) is 4. The molecule has 0 saturated carbocycles. The number of aromatic carboxylic acids is 1. The predicted molar refractivity (Wildman–Crippen MR) is 67.2 cm³/mol. The molecule has 1 saturated heterocycles. The number of hydrogen-bond donors (Lipinski definition) is 2. The summed E-state index contributed by atoms with van der Waals surface area (Å²) in [5.41, 5.74) is -0.455. The van der Waals surface area contributed by atoms with Crippen LogP contribution in [0.25, 0.3) is 0 Å². The number of carboxylic acids is 1. The SMILES string of the molecule is NS(=O)(=O)C1CC(=O)N(c2ccc(F)cc2C(=O)O)C1. The molecule has 1 aromatic carbocycles. The van der Waals surface area contributed by atoms with Gasteiger partial charge in [0.1, 0.15) is 11.1 Å². The average Bonchev–Trinajstić information content (AvgIpc) is 2.71. The molecule has 0 bridgehead atoms. The second-order valence-electron chi connectivity index (χ2n) is 4.39. The van der Waals surface area contributed by atoms with Gasteiger partial charge < -0.3 is 10.0 Å². The molecule has 1 unspecified atom stereocenters. The van der Waals surface area contributed by atoms with Crippen molar-refractivity contribution in [3.05, 3.63) is 29.6 Å². The van der Waals surface area contributed by atoms with E-state index in [9.17, 15) is 22.4 Å². The molecule has 0 radical (unpaired) electrons. The van der Waals surface area contributed by atoms with Crippen LogP contribution in [-0.2, 0) is 14.8 Å². The van der Waals surface area contributed by atoms with E-state index in [1.165, 1.54) is 0 Å². The minimum Gasteiger partial charge on any atom is -0.478 e. The van der Waals surface area contributed by atoms with E-state index in [1.54, 1.807) is 0 Å². The molecule has 0 aromatic heterocycles. The summed E-state index contributed by atoms with van der Waals surface area (Å²) in [7, 11) is -3.90. The highest BCUT2D eigenvalue weighted by molar-refractivity contribution is 7.89. The standard InChI is InChI=1S/C11H11FN2O5S/c12-6-1-2-9(8(3-6)11(16)17)14-5-7(4-10(14)15)20(13,18)19/h1-3,7H,4-5H2,(H,16,17)(H2,13,18,19). The second-order valence-corrected chi connectivity index (χ2v) is 6.23. The molecule has 0 aliphatic carbocycles. The predicted octanol–water partition coefficient (Wildman–Crippen LogP) is -0.0823. The fraction of sp³-hybridized carbons (Fsp3) is 0.273. The molecule has 0 spiro atoms. The van der Waals surface area contributed by atoms with E-state index in [0.29, 0.717) is 0 Å². The summed E-state index contributed by atoms with van der Waals surface area (Å²) in [5, 5.41) is 12.9. The van der Waals surface area contributed by atoms with Gasteiger partial charge in [0.15, 0.2) is 0 Å². The van der Waals surface area contributed by atoms with Crippen molar-refractivity contribution >= 4 is 27.6 Å². The topological polar surface area (TPSA) is 118 Å². The van der Waals surface area contributed by atoms with Gasteiger partial charge >= 0.3 is 5.97 Å². The van der Waals surface area contributed by atoms with E-state index in [4.69, 9.17) is 10.2 Å². The maximum Gasteiger partial charge on any atom is 0.337 e. The normalized spacial score (nSPS) is 19.4. The molecule has 1 atom stereocenters. The number of nitrogens with two attached hydrogens (primary N) is 1. The fourth-order valence-corrected chi connectivity index (χ4v) is 2.77. The largest absolute Gasteiger partial charge is 0.478 e. The molecule has 1 aliphatic rings. The molecule has 1 fully saturated rings. The summed E-state index contributed by atoms with van der Waals surface area (Å²) < 4.78 is 35.6. The average molecular weight is 302 g/mol. The zero-order valence-corrected chi connectivity index (χ0v) is 10.9. The molecular formula is C11H11FN2O5S. The van der Waals surface area contributed by atoms with Gasteiger partial charge in [-0.1, -0.05) is 0 Å². The third kappa shape index (κ3) is 2.63. The minimum absolute atomic E-state index is 0.0462. The lowest BCUT2D eigenvalue weighted by molar-refractivity contribution is -0.117. The van der Waals surface area contributed by atoms with Crippen molar-refractivity contribution in [2.75, 3.05) is 11.4 Å². The number of benzene rings is 1. The smallest absolute Gasteiger partial charge is 0.337 e. The Balaban J connectivity index is 2.43. The van der Waals surface area contributed by atoms with Crippen LogP contribution in [0.4, 0.5) is 10.1 Å². The minimum atomic E-state index is -3.90. The van der Waals surface area contributed by atoms with E-state index < -0.39 is 38.5 Å². The van der Waals surface area contributed by atoms with Gasteiger partial charge in [-0.15, -0.1) is 0 Å². The van der Waals surface area contributed by atoms with Crippen LogP contribution in [0.3, 0.4) is 0 Å². The summed E-state index contributed by atoms with van der Waals surface area (Å²) in [6.45, 7) is -0.246. The molecule has 1 aromatic rings. The van der Waals surface area contributed by atoms with Crippen LogP contribution in [-0.4, -0.2) is 37.2 Å². The number of anilines is 1. The van der Waals surface area contributed by atoms with Crippen molar-refractivity contribution in [1.29, 1.82) is 0 Å². The lowest BCUT2D eigenvalue weighted by atomic mass is 10.1. The molecule has 20 heavy (non-hydrogen) atoms. The Morgan fingerprint density at radius 2 is 2.10 bits per heavy atom. The van der Waals surface area contributed by atoms with E-state index in [2.05, 4.69) is 0 Å². The fourth-order valence-electron chi connectivity index (χ4n) is 2.04. The van der Waals surface area contributed by atoms with Gasteiger partial charge in [-0.2, -0.15) is 0 Å². The summed E-state index contributed by atoms with van der Waals surface area (Å²) in [4.78, 5) is 23.9. The molecular weight excluding hydrogens is 291 g/mol. The molecule has 108 valence electrons. The molecule has 1 heterocycles. The van der Waals surface area contributed by atoms with E-state index in [1.807, 2.05) is 0 Å². The van der Waals surface area contributed by atoms with Crippen molar-refractivity contribution < 1.29 is 27.5 Å². The van der Waals surface area contributed by atoms with Gasteiger partial charge in [0.2, 0.25) is 15.9 Å². The van der Waals surface area contributed by atoms with E-state index >= 15 is 0 Å². The lowest BCUT2D eigenvalue weighted by Gasteiger charge is -2.18. The van der Waals surface area contributed by atoms with Gasteiger partial charge in [-0.25, -0.2) is 22.7 Å². The number of primary sulfonamides is 1. The number of amides is 1. The Kier molecular flexibility index (Phi) is 3.48. The van der Waals surface area contributed by atoms with Gasteiger partial charge in [0.25, 0.3) is 0 Å². The van der Waals surface area contributed by atoms with Crippen molar-refractivity contribution in [1.82, 2.24) is 0 Å². The number of carboxylic acid groups (broad SMARTS) is 1. The maximum atomic E-state index is 13.1. The van der Waals surface area contributed by atoms with E-state index in [-0.39, 0.29) is 18.7 Å². The Hall–Kier alpha value is -2.00. The van der Waals surface area contributed by atoms with Crippen LogP contribution in [0.1, 0.15) is 16.8 Å². The molecule has 7 nitrogen and oxygen atoms in total. The van der Waals surface area contributed by atoms with Crippen molar-refractivity contribution in [3.8, 4) is 0 Å². The highest BCUT2D eigenvalue weighted by Gasteiger charge is 2.38. The molecule has 1 aliphatic heterocycles. The molecule has 1 amide bonds. The van der Waals surface area contributed by atoms with Gasteiger partial charge in [0, 0.05) is 13.0 Å². The summed E-state index contributed by atoms with van der Waals surface area (Å²) in [6, 6.07) is 2.90. The lowest BCUT2D eigenvalue weighted by Crippen LogP contribution is -2.32. The van der Waals surface area contributed by atoms with Crippen LogP contribution in [0.2, 0.25) is 0 Å². The van der Waals surface area contributed by atoms with Crippen LogP contribution in [0.5, 0.6) is 0 Å². The number of sulfonamides is 1. The zero-order valence-electron chi connectivity index (χ0n) is 10.1. The summed E-state index contributed by atoms with van der Waals surface area (Å²) >= 11 is 0. The zero-order chi connectivity index (χ0) is 15.1. The Bertz CT molecular complexity index is 688. The number of carbonyl (C=O) groups is 2. The van der Waals surface area contributed by atoms with Crippen LogP contribution >= 0.6 is 0 Å². The van der Waals surface area contributed by atoms with Crippen molar-refractivity contribution in [2.45, 2.75) is 11.7 Å². The highest BCUT2D eigenvalue weighted by Crippen LogP contribution is 2.28. The first-order valence-electron chi connectivity index (χ1n) is 5.55. The third-order valence-electron chi connectivity index (χ3n) is 3.03. The van der Waals surface area contributed by atoms with E-state index in [0.717, 1.165) is 23.1 Å². The first-order chi connectivity index (χ1) is 9.20. The molecule has 2 rings (SSSR count). The summed E-state index contributed by atoms with van der Waals surface area (Å²) in [5.74, 6) is -2.75. The first kappa shape index (κ1) is 14.4. The second kappa shape index (κ2) is 4.84. The number of halogens is 1. The third-order valence-corrected chi connectivity index (χ3v) is 4.28. The van der Waals surface area contributed by atoms with Crippen LogP contribution < -0.4 is 10.0 Å².